The Labute approximate surface area is 150 Å². The van der Waals surface area contributed by atoms with Crippen LogP contribution in [-0.2, 0) is 4.79 Å². The molecule has 2 atom stereocenters. The Balaban J connectivity index is 1.64. The quantitative estimate of drug-likeness (QED) is 0.742. The number of fused-ring (bicyclic) bond motifs is 1. The van der Waals surface area contributed by atoms with E-state index in [2.05, 4.69) is 29.8 Å². The Morgan fingerprint density at radius 1 is 1.12 bits per heavy atom. The molecule has 1 aromatic rings. The molecule has 2 aliphatic rings. The Bertz CT molecular complexity index is 694. The lowest BCUT2D eigenvalue weighted by atomic mass is 9.92. The summed E-state index contributed by atoms with van der Waals surface area (Å²) in [5.74, 6) is 0.384. The molecule has 2 heterocycles. The third kappa shape index (κ3) is 3.24. The first-order chi connectivity index (χ1) is 11.4. The van der Waals surface area contributed by atoms with E-state index >= 15 is 0 Å². The molecule has 24 heavy (non-hydrogen) atoms. The fraction of sp³-hybridized carbons (Fsp3) is 0.500. The minimum absolute atomic E-state index is 0.0196. The van der Waals surface area contributed by atoms with E-state index in [-0.39, 0.29) is 30.7 Å². The SMILES string of the molecule is C[C@@H]1C[C@H](C)CN(C(=O)CCN2C(=O)c3ccc(Br)cc3C2=O)C1. The van der Waals surface area contributed by atoms with Crippen LogP contribution in [0.1, 0.15) is 47.4 Å². The number of hydrogen-bond acceptors (Lipinski definition) is 3. The summed E-state index contributed by atoms with van der Waals surface area (Å²) >= 11 is 3.31. The van der Waals surface area contributed by atoms with Crippen LogP contribution in [0.4, 0.5) is 0 Å². The summed E-state index contributed by atoms with van der Waals surface area (Å²) in [6.45, 7) is 5.97. The summed E-state index contributed by atoms with van der Waals surface area (Å²) in [5, 5.41) is 0. The van der Waals surface area contributed by atoms with Gasteiger partial charge in [-0.05, 0) is 36.5 Å². The Kier molecular flexibility index (Phi) is 4.76. The molecule has 0 aromatic heterocycles. The van der Waals surface area contributed by atoms with Gasteiger partial charge in [-0.25, -0.2) is 0 Å². The van der Waals surface area contributed by atoms with Gasteiger partial charge in [0.05, 0.1) is 11.1 Å². The number of hydrogen-bond donors (Lipinski definition) is 0. The van der Waals surface area contributed by atoms with E-state index in [9.17, 15) is 14.4 Å². The molecular weight excluding hydrogens is 372 g/mol. The first kappa shape index (κ1) is 17.1. The van der Waals surface area contributed by atoms with Crippen LogP contribution >= 0.6 is 15.9 Å². The number of piperidine rings is 1. The number of benzene rings is 1. The molecule has 0 unspecified atom stereocenters. The smallest absolute Gasteiger partial charge is 0.261 e. The highest BCUT2D eigenvalue weighted by Crippen LogP contribution is 2.26. The van der Waals surface area contributed by atoms with Crippen LogP contribution in [0.25, 0.3) is 0 Å². The highest BCUT2D eigenvalue weighted by Gasteiger charge is 2.36. The van der Waals surface area contributed by atoms with Crippen molar-refractivity contribution in [2.75, 3.05) is 19.6 Å². The van der Waals surface area contributed by atoms with Crippen LogP contribution in [0.2, 0.25) is 0 Å². The maximum absolute atomic E-state index is 12.5. The van der Waals surface area contributed by atoms with Crippen molar-refractivity contribution in [3.63, 3.8) is 0 Å². The zero-order chi connectivity index (χ0) is 17.4. The van der Waals surface area contributed by atoms with Crippen LogP contribution in [0.15, 0.2) is 22.7 Å². The number of rotatable bonds is 3. The highest BCUT2D eigenvalue weighted by molar-refractivity contribution is 9.10. The molecule has 0 saturated carbocycles. The van der Waals surface area contributed by atoms with E-state index in [0.717, 1.165) is 24.0 Å². The normalized spacial score (nSPS) is 23.6. The lowest BCUT2D eigenvalue weighted by molar-refractivity contribution is -0.133. The third-order valence-electron chi connectivity index (χ3n) is 4.70. The van der Waals surface area contributed by atoms with Gasteiger partial charge >= 0.3 is 0 Å². The van der Waals surface area contributed by atoms with Crippen molar-refractivity contribution in [1.29, 1.82) is 0 Å². The van der Waals surface area contributed by atoms with Gasteiger partial charge in [0.15, 0.2) is 0 Å². The van der Waals surface area contributed by atoms with Crippen molar-refractivity contribution >= 4 is 33.7 Å². The Morgan fingerprint density at radius 2 is 1.75 bits per heavy atom. The summed E-state index contributed by atoms with van der Waals surface area (Å²) in [6, 6.07) is 5.05. The predicted octanol–water partition coefficient (Wildman–Crippen LogP) is 2.94. The molecule has 6 heteroatoms. The van der Waals surface area contributed by atoms with E-state index in [1.165, 1.54) is 4.90 Å². The second-order valence-electron chi connectivity index (χ2n) is 6.95. The summed E-state index contributed by atoms with van der Waals surface area (Å²) in [5.41, 5.74) is 0.818. The van der Waals surface area contributed by atoms with Gasteiger partial charge in [0, 0.05) is 30.5 Å². The molecule has 1 aromatic carbocycles. The molecule has 0 radical (unpaired) electrons. The van der Waals surface area contributed by atoms with Crippen molar-refractivity contribution in [3.8, 4) is 0 Å². The zero-order valence-corrected chi connectivity index (χ0v) is 15.5. The fourth-order valence-corrected chi connectivity index (χ4v) is 4.06. The van der Waals surface area contributed by atoms with Gasteiger partial charge in [-0.15, -0.1) is 0 Å². The highest BCUT2D eigenvalue weighted by atomic mass is 79.9. The van der Waals surface area contributed by atoms with Crippen molar-refractivity contribution < 1.29 is 14.4 Å². The molecular formula is C18H21BrN2O3. The first-order valence-electron chi connectivity index (χ1n) is 8.30. The van der Waals surface area contributed by atoms with Crippen LogP contribution in [0, 0.1) is 11.8 Å². The van der Waals surface area contributed by atoms with Gasteiger partial charge in [0.2, 0.25) is 5.91 Å². The number of nitrogens with zero attached hydrogens (tertiary/aromatic N) is 2. The van der Waals surface area contributed by atoms with Gasteiger partial charge < -0.3 is 4.90 Å². The van der Waals surface area contributed by atoms with Crippen molar-refractivity contribution in [1.82, 2.24) is 9.80 Å². The molecule has 2 aliphatic heterocycles. The van der Waals surface area contributed by atoms with E-state index in [0.29, 0.717) is 23.0 Å². The molecule has 3 amide bonds. The topological polar surface area (TPSA) is 57.7 Å². The summed E-state index contributed by atoms with van der Waals surface area (Å²) in [6.07, 6.45) is 1.32. The van der Waals surface area contributed by atoms with Gasteiger partial charge in [0.25, 0.3) is 11.8 Å². The molecule has 0 bridgehead atoms. The van der Waals surface area contributed by atoms with Crippen LogP contribution in [-0.4, -0.2) is 47.2 Å². The number of amides is 3. The molecule has 3 rings (SSSR count). The fourth-order valence-electron chi connectivity index (χ4n) is 3.70. The lowest BCUT2D eigenvalue weighted by Gasteiger charge is -2.35. The average molecular weight is 393 g/mol. The minimum atomic E-state index is -0.315. The number of carbonyl (C=O) groups excluding carboxylic acids is 3. The van der Waals surface area contributed by atoms with Crippen molar-refractivity contribution in [2.45, 2.75) is 26.7 Å². The number of likely N-dealkylation sites (tertiary alicyclic amines) is 1. The van der Waals surface area contributed by atoms with E-state index in [1.54, 1.807) is 18.2 Å². The largest absolute Gasteiger partial charge is 0.342 e. The molecule has 0 aliphatic carbocycles. The second-order valence-corrected chi connectivity index (χ2v) is 7.86. The zero-order valence-electron chi connectivity index (χ0n) is 13.9. The molecule has 0 spiro atoms. The summed E-state index contributed by atoms with van der Waals surface area (Å²) < 4.78 is 0.761. The molecule has 0 N–H and O–H groups in total. The first-order valence-corrected chi connectivity index (χ1v) is 9.09. The predicted molar refractivity (Wildman–Crippen MR) is 93.7 cm³/mol. The molecule has 1 fully saturated rings. The summed E-state index contributed by atoms with van der Waals surface area (Å²) in [4.78, 5) is 40.3. The number of imide groups is 1. The number of halogens is 1. The van der Waals surface area contributed by atoms with Gasteiger partial charge in [-0.3, -0.25) is 19.3 Å². The minimum Gasteiger partial charge on any atom is -0.342 e. The third-order valence-corrected chi connectivity index (χ3v) is 5.20. The number of carbonyl (C=O) groups is 3. The van der Waals surface area contributed by atoms with Crippen LogP contribution in [0.5, 0.6) is 0 Å². The maximum atomic E-state index is 12.5. The Morgan fingerprint density at radius 3 is 2.42 bits per heavy atom. The van der Waals surface area contributed by atoms with Gasteiger partial charge in [0.1, 0.15) is 0 Å². The van der Waals surface area contributed by atoms with E-state index in [4.69, 9.17) is 0 Å². The standard InChI is InChI=1S/C18H21BrN2O3/c1-11-7-12(2)10-20(9-11)16(22)5-6-21-17(23)14-4-3-13(19)8-15(14)18(21)24/h3-4,8,11-12H,5-7,9-10H2,1-2H3/t11-,12+. The van der Waals surface area contributed by atoms with Crippen LogP contribution in [0.3, 0.4) is 0 Å². The lowest BCUT2D eigenvalue weighted by Crippen LogP contribution is -2.44. The van der Waals surface area contributed by atoms with Crippen LogP contribution < -0.4 is 0 Å². The Hall–Kier alpha value is -1.69. The molecule has 1 saturated heterocycles. The maximum Gasteiger partial charge on any atom is 0.261 e. The monoisotopic (exact) mass is 392 g/mol. The van der Waals surface area contributed by atoms with E-state index < -0.39 is 0 Å². The summed E-state index contributed by atoms with van der Waals surface area (Å²) in [7, 11) is 0. The molecule has 128 valence electrons. The van der Waals surface area contributed by atoms with Gasteiger partial charge in [-0.1, -0.05) is 29.8 Å². The molecule has 5 nitrogen and oxygen atoms in total. The van der Waals surface area contributed by atoms with Crippen molar-refractivity contribution in [3.05, 3.63) is 33.8 Å². The van der Waals surface area contributed by atoms with Gasteiger partial charge in [-0.2, -0.15) is 0 Å². The van der Waals surface area contributed by atoms with Crippen molar-refractivity contribution in [2.24, 2.45) is 11.8 Å². The second kappa shape index (κ2) is 6.67. The average Bonchev–Trinajstić information content (AvgIpc) is 2.75. The van der Waals surface area contributed by atoms with E-state index in [1.807, 2.05) is 4.90 Å².